The summed E-state index contributed by atoms with van der Waals surface area (Å²) in [6.45, 7) is 6.09. The summed E-state index contributed by atoms with van der Waals surface area (Å²) in [5.41, 5.74) is 3.82. The highest BCUT2D eigenvalue weighted by molar-refractivity contribution is 7.92. The molecule has 4 heteroatoms. The van der Waals surface area contributed by atoms with Crippen molar-refractivity contribution in [2.45, 2.75) is 51.3 Å². The summed E-state index contributed by atoms with van der Waals surface area (Å²) >= 11 is 0. The third-order valence-corrected chi connectivity index (χ3v) is 5.39. The lowest BCUT2D eigenvalue weighted by molar-refractivity contribution is 0.601. The summed E-state index contributed by atoms with van der Waals surface area (Å²) in [6, 6.07) is 13.0. The number of nitrogens with one attached hydrogen (secondary N) is 1. The molecular weight excluding hydrogens is 306 g/mol. The van der Waals surface area contributed by atoms with Crippen LogP contribution < -0.4 is 4.72 Å². The number of para-hydroxylation sites is 1. The van der Waals surface area contributed by atoms with Gasteiger partial charge >= 0.3 is 0 Å². The Morgan fingerprint density at radius 3 is 2.30 bits per heavy atom. The molecule has 0 heterocycles. The van der Waals surface area contributed by atoms with Crippen molar-refractivity contribution in [3.05, 3.63) is 59.2 Å². The number of hydrogen-bond acceptors (Lipinski definition) is 2. The molecule has 2 rings (SSSR count). The minimum absolute atomic E-state index is 0.308. The van der Waals surface area contributed by atoms with Crippen molar-refractivity contribution in [1.82, 2.24) is 0 Å². The lowest BCUT2D eigenvalue weighted by Gasteiger charge is -2.14. The van der Waals surface area contributed by atoms with Crippen molar-refractivity contribution >= 4 is 15.7 Å². The van der Waals surface area contributed by atoms with E-state index in [1.807, 2.05) is 44.2 Å². The fourth-order valence-electron chi connectivity index (χ4n) is 2.58. The molecule has 124 valence electrons. The molecule has 0 amide bonds. The van der Waals surface area contributed by atoms with Gasteiger partial charge in [-0.15, -0.1) is 0 Å². The Kier molecular flexibility index (Phi) is 5.83. The molecule has 0 fully saturated rings. The second-order valence-corrected chi connectivity index (χ2v) is 7.50. The first-order chi connectivity index (χ1) is 11.0. The zero-order chi connectivity index (χ0) is 16.9. The maximum atomic E-state index is 12.6. The molecule has 3 nitrogen and oxygen atoms in total. The zero-order valence-corrected chi connectivity index (χ0v) is 14.9. The summed E-state index contributed by atoms with van der Waals surface area (Å²) in [4.78, 5) is 0.308. The number of rotatable bonds is 7. The Morgan fingerprint density at radius 2 is 1.70 bits per heavy atom. The van der Waals surface area contributed by atoms with Gasteiger partial charge in [0.2, 0.25) is 0 Å². The van der Waals surface area contributed by atoms with Gasteiger partial charge in [0.15, 0.2) is 0 Å². The quantitative estimate of drug-likeness (QED) is 0.799. The molecule has 2 aromatic carbocycles. The van der Waals surface area contributed by atoms with Crippen LogP contribution in [-0.2, 0) is 22.9 Å². The normalized spacial score (nSPS) is 11.4. The lowest BCUT2D eigenvalue weighted by atomic mass is 10.1. The number of unbranched alkanes of at least 4 members (excludes halogenated alkanes) is 1. The first kappa shape index (κ1) is 17.5. The zero-order valence-electron chi connectivity index (χ0n) is 14.1. The van der Waals surface area contributed by atoms with Crippen molar-refractivity contribution in [2.24, 2.45) is 0 Å². The van der Waals surface area contributed by atoms with Gasteiger partial charge in [-0.2, -0.15) is 0 Å². The Hall–Kier alpha value is -1.81. The third kappa shape index (κ3) is 4.35. The molecule has 0 radical (unpaired) electrons. The van der Waals surface area contributed by atoms with E-state index in [9.17, 15) is 8.42 Å². The number of sulfonamides is 1. The van der Waals surface area contributed by atoms with E-state index in [4.69, 9.17) is 0 Å². The van der Waals surface area contributed by atoms with E-state index in [0.29, 0.717) is 10.6 Å². The Labute approximate surface area is 139 Å². The number of anilines is 1. The average molecular weight is 331 g/mol. The van der Waals surface area contributed by atoms with E-state index in [1.165, 1.54) is 5.56 Å². The van der Waals surface area contributed by atoms with Gasteiger partial charge in [-0.1, -0.05) is 50.6 Å². The molecule has 0 aliphatic rings. The maximum Gasteiger partial charge on any atom is 0.261 e. The molecule has 0 aliphatic carbocycles. The topological polar surface area (TPSA) is 46.2 Å². The smallest absolute Gasteiger partial charge is 0.261 e. The third-order valence-electron chi connectivity index (χ3n) is 4.03. The second kappa shape index (κ2) is 7.64. The predicted octanol–water partition coefficient (Wildman–Crippen LogP) is 4.70. The Bertz CT molecular complexity index is 749. The summed E-state index contributed by atoms with van der Waals surface area (Å²) in [5.74, 6) is 0. The summed E-state index contributed by atoms with van der Waals surface area (Å²) in [7, 11) is -3.56. The van der Waals surface area contributed by atoms with Gasteiger partial charge in [0.1, 0.15) is 0 Å². The molecule has 0 saturated carbocycles. The van der Waals surface area contributed by atoms with Gasteiger partial charge in [0.25, 0.3) is 10.0 Å². The van der Waals surface area contributed by atoms with E-state index >= 15 is 0 Å². The fourth-order valence-corrected chi connectivity index (χ4v) is 3.75. The van der Waals surface area contributed by atoms with Crippen LogP contribution in [0.3, 0.4) is 0 Å². The van der Waals surface area contributed by atoms with Gasteiger partial charge in [-0.3, -0.25) is 4.72 Å². The van der Waals surface area contributed by atoms with Gasteiger partial charge in [-0.25, -0.2) is 8.42 Å². The fraction of sp³-hybridized carbons (Fsp3) is 0.368. The van der Waals surface area contributed by atoms with Gasteiger partial charge in [-0.05, 0) is 55.0 Å². The first-order valence-corrected chi connectivity index (χ1v) is 9.66. The largest absolute Gasteiger partial charge is 0.279 e. The van der Waals surface area contributed by atoms with E-state index in [0.717, 1.165) is 36.8 Å². The van der Waals surface area contributed by atoms with E-state index in [1.54, 1.807) is 12.1 Å². The SMILES string of the molecule is CCCCc1ccc(S(=O)(=O)Nc2c(C)cccc2CC)cc1. The van der Waals surface area contributed by atoms with Crippen LogP contribution in [0.4, 0.5) is 5.69 Å². The van der Waals surface area contributed by atoms with Gasteiger partial charge in [0.05, 0.1) is 10.6 Å². The molecule has 2 aromatic rings. The lowest BCUT2D eigenvalue weighted by Crippen LogP contribution is -2.15. The summed E-state index contributed by atoms with van der Waals surface area (Å²) in [6.07, 6.45) is 4.03. The Morgan fingerprint density at radius 1 is 1.00 bits per heavy atom. The number of benzene rings is 2. The molecule has 0 bridgehead atoms. The van der Waals surface area contributed by atoms with Crippen LogP contribution >= 0.6 is 0 Å². The molecule has 0 atom stereocenters. The monoisotopic (exact) mass is 331 g/mol. The molecule has 0 aromatic heterocycles. The van der Waals surface area contributed by atoms with Crippen LogP contribution in [0.5, 0.6) is 0 Å². The number of aryl methyl sites for hydroxylation is 3. The standard InChI is InChI=1S/C19H25NO2S/c1-4-6-9-16-11-13-18(14-12-16)23(21,22)20-19-15(3)8-7-10-17(19)5-2/h7-8,10-14,20H,4-6,9H2,1-3H3. The van der Waals surface area contributed by atoms with Crippen LogP contribution in [0, 0.1) is 6.92 Å². The van der Waals surface area contributed by atoms with Gasteiger partial charge < -0.3 is 0 Å². The van der Waals surface area contributed by atoms with Crippen molar-refractivity contribution in [2.75, 3.05) is 4.72 Å². The van der Waals surface area contributed by atoms with Crippen LogP contribution in [0.15, 0.2) is 47.4 Å². The van der Waals surface area contributed by atoms with Crippen molar-refractivity contribution in [1.29, 1.82) is 0 Å². The van der Waals surface area contributed by atoms with Crippen LogP contribution in [-0.4, -0.2) is 8.42 Å². The average Bonchev–Trinajstić information content (AvgIpc) is 2.55. The molecule has 23 heavy (non-hydrogen) atoms. The summed E-state index contributed by atoms with van der Waals surface area (Å²) < 4.78 is 28.0. The summed E-state index contributed by atoms with van der Waals surface area (Å²) in [5, 5.41) is 0. The number of hydrogen-bond donors (Lipinski definition) is 1. The molecule has 0 saturated heterocycles. The van der Waals surface area contributed by atoms with Crippen LogP contribution in [0.2, 0.25) is 0 Å². The molecule has 0 aliphatic heterocycles. The van der Waals surface area contributed by atoms with E-state index < -0.39 is 10.0 Å². The van der Waals surface area contributed by atoms with E-state index in [-0.39, 0.29) is 0 Å². The second-order valence-electron chi connectivity index (χ2n) is 5.82. The predicted molar refractivity (Wildman–Crippen MR) is 96.4 cm³/mol. The van der Waals surface area contributed by atoms with Crippen LogP contribution in [0.1, 0.15) is 43.4 Å². The highest BCUT2D eigenvalue weighted by Crippen LogP contribution is 2.24. The minimum Gasteiger partial charge on any atom is -0.279 e. The highest BCUT2D eigenvalue weighted by atomic mass is 32.2. The maximum absolute atomic E-state index is 12.6. The first-order valence-electron chi connectivity index (χ1n) is 8.18. The minimum atomic E-state index is -3.56. The molecule has 0 unspecified atom stereocenters. The Balaban J connectivity index is 2.26. The van der Waals surface area contributed by atoms with Crippen molar-refractivity contribution < 1.29 is 8.42 Å². The highest BCUT2D eigenvalue weighted by Gasteiger charge is 2.16. The van der Waals surface area contributed by atoms with Gasteiger partial charge in [0, 0.05) is 0 Å². The molecule has 1 N–H and O–H groups in total. The van der Waals surface area contributed by atoms with Crippen molar-refractivity contribution in [3.63, 3.8) is 0 Å². The van der Waals surface area contributed by atoms with E-state index in [2.05, 4.69) is 11.6 Å². The molecule has 0 spiro atoms. The van der Waals surface area contributed by atoms with Crippen LogP contribution in [0.25, 0.3) is 0 Å². The van der Waals surface area contributed by atoms with Crippen molar-refractivity contribution in [3.8, 4) is 0 Å². The molecular formula is C19H25NO2S.